The maximum absolute atomic E-state index is 12.3. The zero-order chi connectivity index (χ0) is 14.0. The van der Waals surface area contributed by atoms with Gasteiger partial charge in [0.05, 0.1) is 10.6 Å². The fourth-order valence-electron chi connectivity index (χ4n) is 2.21. The lowest BCUT2D eigenvalue weighted by atomic mass is 10.2. The van der Waals surface area contributed by atoms with Crippen molar-refractivity contribution in [3.05, 3.63) is 15.9 Å². The molecule has 106 valence electrons. The van der Waals surface area contributed by atoms with Crippen molar-refractivity contribution in [3.8, 4) is 0 Å². The number of carbonyl (C=O) groups excluding carboxylic acids is 1. The molecule has 0 bridgehead atoms. The largest absolute Gasteiger partial charge is 0.392 e. The van der Waals surface area contributed by atoms with Crippen molar-refractivity contribution in [1.29, 1.82) is 0 Å². The molecular weight excluding hydrogens is 312 g/mol. The first-order valence-corrected chi connectivity index (χ1v) is 7.18. The molecule has 1 amide bonds. The van der Waals surface area contributed by atoms with E-state index in [0.717, 1.165) is 23.3 Å². The van der Waals surface area contributed by atoms with E-state index in [4.69, 9.17) is 0 Å². The van der Waals surface area contributed by atoms with E-state index in [1.165, 1.54) is 0 Å². The number of carbonyl (C=O) groups is 1. The quantitative estimate of drug-likeness (QED) is 0.852. The number of hydrogen-bond acceptors (Lipinski definition) is 4. The van der Waals surface area contributed by atoms with Gasteiger partial charge in [-0.1, -0.05) is 0 Å². The number of aryl methyl sites for hydroxylation is 1. The Hall–Kier alpha value is -0.920. The van der Waals surface area contributed by atoms with E-state index in [0.29, 0.717) is 25.3 Å². The number of amides is 1. The van der Waals surface area contributed by atoms with E-state index in [2.05, 4.69) is 31.0 Å². The summed E-state index contributed by atoms with van der Waals surface area (Å²) in [6.45, 7) is 7.23. The summed E-state index contributed by atoms with van der Waals surface area (Å²) in [4.78, 5) is 16.3. The van der Waals surface area contributed by atoms with E-state index in [1.807, 2.05) is 6.92 Å². The Morgan fingerprint density at radius 1 is 1.47 bits per heavy atom. The fraction of sp³-hybridized carbons (Fsp3) is 0.667. The molecule has 0 unspecified atom stereocenters. The normalized spacial score (nSPS) is 18.6. The highest BCUT2D eigenvalue weighted by Gasteiger charge is 2.26. The van der Waals surface area contributed by atoms with Crippen LogP contribution in [0.4, 0.5) is 0 Å². The van der Waals surface area contributed by atoms with Gasteiger partial charge in [-0.2, -0.15) is 5.10 Å². The van der Waals surface area contributed by atoms with Crippen LogP contribution in [0.5, 0.6) is 0 Å². The van der Waals surface area contributed by atoms with E-state index in [-0.39, 0.29) is 12.0 Å². The van der Waals surface area contributed by atoms with Crippen molar-refractivity contribution >= 4 is 21.8 Å². The molecule has 6 nitrogen and oxygen atoms in total. The molecule has 0 aromatic carbocycles. The van der Waals surface area contributed by atoms with Crippen LogP contribution in [-0.2, 0) is 0 Å². The minimum absolute atomic E-state index is 0.0482. The monoisotopic (exact) mass is 330 g/mol. The van der Waals surface area contributed by atoms with Gasteiger partial charge in [0.25, 0.3) is 5.91 Å². The molecule has 0 spiro atoms. The number of nitrogens with one attached hydrogen (secondary N) is 1. The molecule has 1 atom stereocenters. The van der Waals surface area contributed by atoms with Crippen LogP contribution in [0, 0.1) is 6.92 Å². The number of aliphatic hydroxyl groups is 1. The Morgan fingerprint density at radius 3 is 2.58 bits per heavy atom. The summed E-state index contributed by atoms with van der Waals surface area (Å²) in [5.74, 6) is -0.0482. The van der Waals surface area contributed by atoms with Crippen molar-refractivity contribution in [2.45, 2.75) is 20.0 Å². The minimum Gasteiger partial charge on any atom is -0.392 e. The topological polar surface area (TPSA) is 72.5 Å². The van der Waals surface area contributed by atoms with Crippen LogP contribution in [0.15, 0.2) is 4.47 Å². The lowest BCUT2D eigenvalue weighted by Crippen LogP contribution is -2.50. The summed E-state index contributed by atoms with van der Waals surface area (Å²) in [7, 11) is 0. The number of rotatable bonds is 3. The standard InChI is InChI=1S/C12H19BrN4O2/c1-8(18)7-16-3-5-17(6-4-16)12(19)11-10(13)9(2)14-15-11/h8,18H,3-7H2,1-2H3,(H,14,15)/t8-/m0/s1. The van der Waals surface area contributed by atoms with Crippen LogP contribution in [0.25, 0.3) is 0 Å². The molecule has 1 aromatic rings. The Morgan fingerprint density at radius 2 is 2.11 bits per heavy atom. The van der Waals surface area contributed by atoms with Gasteiger partial charge in [0.2, 0.25) is 0 Å². The maximum Gasteiger partial charge on any atom is 0.275 e. The second-order valence-electron chi connectivity index (χ2n) is 4.95. The van der Waals surface area contributed by atoms with Crippen molar-refractivity contribution in [3.63, 3.8) is 0 Å². The van der Waals surface area contributed by atoms with Crippen LogP contribution >= 0.6 is 15.9 Å². The van der Waals surface area contributed by atoms with Crippen molar-refractivity contribution in [2.24, 2.45) is 0 Å². The van der Waals surface area contributed by atoms with Crippen molar-refractivity contribution < 1.29 is 9.90 Å². The Bertz CT molecular complexity index is 453. The minimum atomic E-state index is -0.328. The maximum atomic E-state index is 12.3. The van der Waals surface area contributed by atoms with Crippen LogP contribution in [-0.4, -0.2) is 69.8 Å². The predicted molar refractivity (Wildman–Crippen MR) is 75.0 cm³/mol. The molecule has 2 N–H and O–H groups in total. The number of nitrogens with zero attached hydrogens (tertiary/aromatic N) is 3. The zero-order valence-electron chi connectivity index (χ0n) is 11.2. The first kappa shape index (κ1) is 14.5. The second kappa shape index (κ2) is 6.02. The van der Waals surface area contributed by atoms with Gasteiger partial charge in [0.15, 0.2) is 5.69 Å². The summed E-state index contributed by atoms with van der Waals surface area (Å²) in [5.41, 5.74) is 1.30. The van der Waals surface area contributed by atoms with Crippen LogP contribution < -0.4 is 0 Å². The Balaban J connectivity index is 1.94. The number of aromatic nitrogens is 2. The third-order valence-electron chi connectivity index (χ3n) is 3.26. The molecule has 0 radical (unpaired) electrons. The van der Waals surface area contributed by atoms with Crippen molar-refractivity contribution in [1.82, 2.24) is 20.0 Å². The Labute approximate surface area is 120 Å². The smallest absolute Gasteiger partial charge is 0.275 e. The number of β-amino-alcohol motifs (C(OH)–C–C–N with tert-alkyl or cyclic N) is 1. The highest BCUT2D eigenvalue weighted by atomic mass is 79.9. The lowest BCUT2D eigenvalue weighted by Gasteiger charge is -2.34. The fourth-order valence-corrected chi connectivity index (χ4v) is 2.56. The van der Waals surface area contributed by atoms with E-state index in [9.17, 15) is 9.90 Å². The molecule has 1 aliphatic rings. The van der Waals surface area contributed by atoms with Crippen LogP contribution in [0.2, 0.25) is 0 Å². The van der Waals surface area contributed by atoms with Gasteiger partial charge in [0.1, 0.15) is 0 Å². The summed E-state index contributed by atoms with van der Waals surface area (Å²) in [6.07, 6.45) is -0.328. The van der Waals surface area contributed by atoms with E-state index in [1.54, 1.807) is 11.8 Å². The average Bonchev–Trinajstić information content (AvgIpc) is 2.69. The third-order valence-corrected chi connectivity index (χ3v) is 4.23. The van der Waals surface area contributed by atoms with Gasteiger partial charge < -0.3 is 10.0 Å². The summed E-state index contributed by atoms with van der Waals surface area (Å²) < 4.78 is 0.740. The predicted octanol–water partition coefficient (Wildman–Crippen LogP) is 0.619. The number of piperazine rings is 1. The molecule has 0 aliphatic carbocycles. The van der Waals surface area contributed by atoms with Gasteiger partial charge in [-0.05, 0) is 29.8 Å². The summed E-state index contributed by atoms with van der Waals surface area (Å²) >= 11 is 3.38. The molecule has 2 rings (SSSR count). The average molecular weight is 331 g/mol. The molecule has 7 heteroatoms. The lowest BCUT2D eigenvalue weighted by molar-refractivity contribution is 0.0548. The highest BCUT2D eigenvalue weighted by molar-refractivity contribution is 9.10. The first-order chi connectivity index (χ1) is 8.99. The zero-order valence-corrected chi connectivity index (χ0v) is 12.8. The molecule has 0 saturated carbocycles. The molecule has 2 heterocycles. The van der Waals surface area contributed by atoms with Crippen molar-refractivity contribution in [2.75, 3.05) is 32.7 Å². The second-order valence-corrected chi connectivity index (χ2v) is 5.75. The molecule has 19 heavy (non-hydrogen) atoms. The molecular formula is C12H19BrN4O2. The number of hydrogen-bond donors (Lipinski definition) is 2. The molecule has 1 fully saturated rings. The van der Waals surface area contributed by atoms with Crippen LogP contribution in [0.1, 0.15) is 23.1 Å². The van der Waals surface area contributed by atoms with Gasteiger partial charge in [-0.3, -0.25) is 14.8 Å². The first-order valence-electron chi connectivity index (χ1n) is 6.39. The van der Waals surface area contributed by atoms with Gasteiger partial charge in [0, 0.05) is 38.4 Å². The number of H-pyrrole nitrogens is 1. The number of aliphatic hydroxyl groups excluding tert-OH is 1. The Kier molecular flexibility index (Phi) is 4.59. The SMILES string of the molecule is Cc1[nH]nc(C(=O)N2CCN(C[C@H](C)O)CC2)c1Br. The molecule has 1 aromatic heterocycles. The van der Waals surface area contributed by atoms with Gasteiger partial charge >= 0.3 is 0 Å². The third kappa shape index (κ3) is 3.34. The summed E-state index contributed by atoms with van der Waals surface area (Å²) in [5, 5.41) is 16.2. The van der Waals surface area contributed by atoms with E-state index >= 15 is 0 Å². The number of aromatic amines is 1. The molecule has 1 saturated heterocycles. The highest BCUT2D eigenvalue weighted by Crippen LogP contribution is 2.20. The summed E-state index contributed by atoms with van der Waals surface area (Å²) in [6, 6.07) is 0. The van der Waals surface area contributed by atoms with Crippen LogP contribution in [0.3, 0.4) is 0 Å². The number of halogens is 1. The molecule has 1 aliphatic heterocycles. The van der Waals surface area contributed by atoms with Gasteiger partial charge in [-0.25, -0.2) is 0 Å². The van der Waals surface area contributed by atoms with Gasteiger partial charge in [-0.15, -0.1) is 0 Å². The van der Waals surface area contributed by atoms with E-state index < -0.39 is 0 Å².